The van der Waals surface area contributed by atoms with Crippen LogP contribution in [0, 0.1) is 6.92 Å². The Bertz CT molecular complexity index is 1010. The van der Waals surface area contributed by atoms with Gasteiger partial charge in [0.2, 0.25) is 5.88 Å². The van der Waals surface area contributed by atoms with Crippen LogP contribution < -0.4 is 10.1 Å². The third kappa shape index (κ3) is 5.01. The Morgan fingerprint density at radius 3 is 2.69 bits per heavy atom. The standard InChI is InChI=1S/C19H19F3N4O3/c1-10(2)14-6-13(16-11(3)26-29-18(16)25-14)17(27)24-8-12-4-5-15(23-7-12)28-9-19(20,21)22/h4-7,10H,8-9H2,1-3H3,(H,24,27). The molecular weight excluding hydrogens is 389 g/mol. The van der Waals surface area contributed by atoms with Gasteiger partial charge in [-0.25, -0.2) is 9.97 Å². The summed E-state index contributed by atoms with van der Waals surface area (Å²) in [6.07, 6.45) is -3.09. The van der Waals surface area contributed by atoms with Crippen LogP contribution in [0.3, 0.4) is 0 Å². The number of alkyl halides is 3. The minimum Gasteiger partial charge on any atom is -0.468 e. The van der Waals surface area contributed by atoms with Crippen molar-refractivity contribution in [3.8, 4) is 5.88 Å². The number of hydrogen-bond donors (Lipinski definition) is 1. The van der Waals surface area contributed by atoms with Crippen LogP contribution in [-0.2, 0) is 6.54 Å². The first-order valence-electron chi connectivity index (χ1n) is 8.83. The zero-order valence-corrected chi connectivity index (χ0v) is 16.0. The number of fused-ring (bicyclic) bond motifs is 1. The van der Waals surface area contributed by atoms with E-state index in [0.29, 0.717) is 33.6 Å². The average Bonchev–Trinajstić information content (AvgIpc) is 3.05. The number of nitrogens with one attached hydrogen (secondary N) is 1. The quantitative estimate of drug-likeness (QED) is 0.665. The van der Waals surface area contributed by atoms with Crippen LogP contribution in [0.25, 0.3) is 11.1 Å². The molecule has 1 N–H and O–H groups in total. The molecule has 0 atom stereocenters. The van der Waals surface area contributed by atoms with Gasteiger partial charge in [0.05, 0.1) is 16.6 Å². The smallest absolute Gasteiger partial charge is 0.422 e. The van der Waals surface area contributed by atoms with Crippen molar-refractivity contribution in [2.45, 2.75) is 39.4 Å². The number of rotatable bonds is 6. The lowest BCUT2D eigenvalue weighted by Gasteiger charge is -2.10. The third-order valence-electron chi connectivity index (χ3n) is 4.11. The first-order chi connectivity index (χ1) is 13.6. The van der Waals surface area contributed by atoms with E-state index in [2.05, 4.69) is 25.2 Å². The van der Waals surface area contributed by atoms with E-state index in [1.54, 1.807) is 13.0 Å². The SMILES string of the molecule is Cc1noc2nc(C(C)C)cc(C(=O)NCc3ccc(OCC(F)(F)F)nc3)c12. The number of nitrogens with zero attached hydrogens (tertiary/aromatic N) is 3. The van der Waals surface area contributed by atoms with Gasteiger partial charge < -0.3 is 14.6 Å². The van der Waals surface area contributed by atoms with Gasteiger partial charge >= 0.3 is 6.18 Å². The predicted octanol–water partition coefficient (Wildman–Crippen LogP) is 3.92. The summed E-state index contributed by atoms with van der Waals surface area (Å²) in [5, 5.41) is 7.19. The molecule has 0 saturated heterocycles. The Kier molecular flexibility index (Phi) is 5.71. The third-order valence-corrected chi connectivity index (χ3v) is 4.11. The Morgan fingerprint density at radius 1 is 1.31 bits per heavy atom. The second-order valence-electron chi connectivity index (χ2n) is 6.79. The van der Waals surface area contributed by atoms with Crippen molar-refractivity contribution in [2.24, 2.45) is 0 Å². The maximum Gasteiger partial charge on any atom is 0.422 e. The van der Waals surface area contributed by atoms with Crippen LogP contribution in [0.15, 0.2) is 28.9 Å². The Morgan fingerprint density at radius 2 is 2.07 bits per heavy atom. The molecule has 3 rings (SSSR count). The van der Waals surface area contributed by atoms with E-state index < -0.39 is 12.8 Å². The van der Waals surface area contributed by atoms with E-state index in [1.807, 2.05) is 13.8 Å². The molecule has 29 heavy (non-hydrogen) atoms. The first kappa shape index (κ1) is 20.6. The van der Waals surface area contributed by atoms with Gasteiger partial charge in [-0.3, -0.25) is 4.79 Å². The molecule has 0 bridgehead atoms. The van der Waals surface area contributed by atoms with Crippen LogP contribution in [0.1, 0.15) is 47.1 Å². The van der Waals surface area contributed by atoms with Gasteiger partial charge in [0, 0.05) is 24.5 Å². The van der Waals surface area contributed by atoms with E-state index in [1.165, 1.54) is 18.3 Å². The summed E-state index contributed by atoms with van der Waals surface area (Å²) in [4.78, 5) is 21.0. The zero-order chi connectivity index (χ0) is 21.2. The summed E-state index contributed by atoms with van der Waals surface area (Å²) in [7, 11) is 0. The summed E-state index contributed by atoms with van der Waals surface area (Å²) in [5.74, 6) is -0.400. The number of carbonyl (C=O) groups is 1. The van der Waals surface area contributed by atoms with Gasteiger partial charge in [-0.05, 0) is 24.5 Å². The highest BCUT2D eigenvalue weighted by molar-refractivity contribution is 6.06. The summed E-state index contributed by atoms with van der Waals surface area (Å²) < 4.78 is 46.3. The van der Waals surface area contributed by atoms with Gasteiger partial charge in [-0.2, -0.15) is 13.2 Å². The first-order valence-corrected chi connectivity index (χ1v) is 8.83. The summed E-state index contributed by atoms with van der Waals surface area (Å²) in [6.45, 7) is 4.35. The highest BCUT2D eigenvalue weighted by Gasteiger charge is 2.28. The number of hydrogen-bond acceptors (Lipinski definition) is 6. The van der Waals surface area contributed by atoms with Crippen molar-refractivity contribution in [1.29, 1.82) is 0 Å². The number of amides is 1. The second-order valence-corrected chi connectivity index (χ2v) is 6.79. The van der Waals surface area contributed by atoms with Crippen molar-refractivity contribution in [3.63, 3.8) is 0 Å². The largest absolute Gasteiger partial charge is 0.468 e. The van der Waals surface area contributed by atoms with E-state index in [9.17, 15) is 18.0 Å². The molecule has 0 spiro atoms. The Balaban J connectivity index is 1.72. The number of ether oxygens (including phenoxy) is 1. The molecule has 10 heteroatoms. The lowest BCUT2D eigenvalue weighted by Crippen LogP contribution is -2.23. The van der Waals surface area contributed by atoms with Crippen molar-refractivity contribution >= 4 is 17.0 Å². The van der Waals surface area contributed by atoms with E-state index >= 15 is 0 Å². The molecule has 0 unspecified atom stereocenters. The fraction of sp³-hybridized carbons (Fsp3) is 0.368. The topological polar surface area (TPSA) is 90.1 Å². The molecule has 1 amide bonds. The summed E-state index contributed by atoms with van der Waals surface area (Å²) >= 11 is 0. The molecule has 0 aliphatic heterocycles. The van der Waals surface area contributed by atoms with Crippen molar-refractivity contribution < 1.29 is 27.2 Å². The van der Waals surface area contributed by atoms with Gasteiger partial charge in [0.25, 0.3) is 11.6 Å². The lowest BCUT2D eigenvalue weighted by molar-refractivity contribution is -0.154. The number of aromatic nitrogens is 3. The van der Waals surface area contributed by atoms with E-state index in [4.69, 9.17) is 4.52 Å². The number of halogens is 3. The molecular formula is C19H19F3N4O3. The maximum atomic E-state index is 12.8. The van der Waals surface area contributed by atoms with E-state index in [-0.39, 0.29) is 24.2 Å². The van der Waals surface area contributed by atoms with Gasteiger partial charge in [-0.1, -0.05) is 25.1 Å². The van der Waals surface area contributed by atoms with Crippen molar-refractivity contribution in [2.75, 3.05) is 6.61 Å². The lowest BCUT2D eigenvalue weighted by atomic mass is 10.0. The highest BCUT2D eigenvalue weighted by Crippen LogP contribution is 2.25. The molecule has 3 aromatic heterocycles. The molecule has 0 saturated carbocycles. The van der Waals surface area contributed by atoms with Crippen LogP contribution in [0.5, 0.6) is 5.88 Å². The van der Waals surface area contributed by atoms with E-state index in [0.717, 1.165) is 0 Å². The normalized spacial score (nSPS) is 11.8. The Labute approximate surface area is 164 Å². The molecule has 0 fully saturated rings. The number of aryl methyl sites for hydroxylation is 1. The summed E-state index contributed by atoms with van der Waals surface area (Å²) in [5.41, 5.74) is 2.56. The molecule has 3 aromatic rings. The molecule has 0 aliphatic rings. The molecule has 154 valence electrons. The molecule has 3 heterocycles. The maximum absolute atomic E-state index is 12.8. The fourth-order valence-corrected chi connectivity index (χ4v) is 2.62. The van der Waals surface area contributed by atoms with Gasteiger partial charge in [0.1, 0.15) is 0 Å². The van der Waals surface area contributed by atoms with Gasteiger partial charge in [0.15, 0.2) is 6.61 Å². The van der Waals surface area contributed by atoms with Gasteiger partial charge in [-0.15, -0.1) is 0 Å². The molecule has 0 aromatic carbocycles. The van der Waals surface area contributed by atoms with Crippen molar-refractivity contribution in [3.05, 3.63) is 46.9 Å². The molecule has 0 radical (unpaired) electrons. The minimum atomic E-state index is -4.43. The fourth-order valence-electron chi connectivity index (χ4n) is 2.62. The van der Waals surface area contributed by atoms with Crippen LogP contribution >= 0.6 is 0 Å². The zero-order valence-electron chi connectivity index (χ0n) is 16.0. The number of pyridine rings is 2. The van der Waals surface area contributed by atoms with Crippen LogP contribution in [0.4, 0.5) is 13.2 Å². The second kappa shape index (κ2) is 8.06. The predicted molar refractivity (Wildman–Crippen MR) is 97.6 cm³/mol. The molecule has 7 nitrogen and oxygen atoms in total. The monoisotopic (exact) mass is 408 g/mol. The minimum absolute atomic E-state index is 0.0878. The average molecular weight is 408 g/mol. The van der Waals surface area contributed by atoms with Crippen molar-refractivity contribution in [1.82, 2.24) is 20.4 Å². The summed E-state index contributed by atoms with van der Waals surface area (Å²) in [6, 6.07) is 4.56. The highest BCUT2D eigenvalue weighted by atomic mass is 19.4. The van der Waals surface area contributed by atoms with Crippen LogP contribution in [0.2, 0.25) is 0 Å². The molecule has 0 aliphatic carbocycles. The number of carbonyl (C=O) groups excluding carboxylic acids is 1. The van der Waals surface area contributed by atoms with Crippen LogP contribution in [-0.4, -0.2) is 33.8 Å². The Hall–Kier alpha value is -3.17.